The number of rotatable bonds is 3. The van der Waals surface area contributed by atoms with Gasteiger partial charge >= 0.3 is 5.97 Å². The van der Waals surface area contributed by atoms with Crippen LogP contribution in [0, 0.1) is 22.7 Å². The van der Waals surface area contributed by atoms with E-state index in [2.05, 4.69) is 19.6 Å². The van der Waals surface area contributed by atoms with Crippen molar-refractivity contribution in [1.82, 2.24) is 0 Å². The molecule has 24 heavy (non-hydrogen) atoms. The van der Waals surface area contributed by atoms with Gasteiger partial charge in [0.2, 0.25) is 0 Å². The molecule has 3 aliphatic rings. The summed E-state index contributed by atoms with van der Waals surface area (Å²) in [7, 11) is 0. The first-order valence-corrected chi connectivity index (χ1v) is 8.85. The van der Waals surface area contributed by atoms with Crippen LogP contribution < -0.4 is 0 Å². The van der Waals surface area contributed by atoms with Crippen LogP contribution in [-0.2, 0) is 9.53 Å². The second-order valence-corrected chi connectivity index (χ2v) is 8.07. The summed E-state index contributed by atoms with van der Waals surface area (Å²) >= 11 is 0. The number of aliphatic hydroxyl groups excluding tert-OH is 2. The van der Waals surface area contributed by atoms with Crippen molar-refractivity contribution in [2.75, 3.05) is 13.2 Å². The smallest absolute Gasteiger partial charge is 0.338 e. The summed E-state index contributed by atoms with van der Waals surface area (Å²) in [6.07, 6.45) is 8.69. The van der Waals surface area contributed by atoms with Gasteiger partial charge in [-0.25, -0.2) is 4.79 Å². The maximum atomic E-state index is 11.7. The monoisotopic (exact) mass is 332 g/mol. The van der Waals surface area contributed by atoms with Gasteiger partial charge in [0.15, 0.2) is 0 Å². The summed E-state index contributed by atoms with van der Waals surface area (Å²) in [5.41, 5.74) is 1.24. The molecule has 132 valence electrons. The summed E-state index contributed by atoms with van der Waals surface area (Å²) in [6.45, 7) is 8.87. The molecule has 0 aromatic rings. The topological polar surface area (TPSA) is 66.8 Å². The molecule has 2 aliphatic carbocycles. The fraction of sp³-hybridized carbons (Fsp3) is 0.650. The molecule has 1 heterocycles. The first kappa shape index (κ1) is 17.4. The Hall–Kier alpha value is -1.39. The summed E-state index contributed by atoms with van der Waals surface area (Å²) < 4.78 is 4.96. The van der Waals surface area contributed by atoms with Crippen molar-refractivity contribution in [2.45, 2.75) is 45.6 Å². The maximum Gasteiger partial charge on any atom is 0.338 e. The summed E-state index contributed by atoms with van der Waals surface area (Å²) in [5.74, 6) is 0.0981. The maximum absolute atomic E-state index is 11.7. The van der Waals surface area contributed by atoms with Crippen LogP contribution in [0.2, 0.25) is 0 Å². The lowest BCUT2D eigenvalue weighted by molar-refractivity contribution is -0.145. The Labute approximate surface area is 143 Å². The van der Waals surface area contributed by atoms with Gasteiger partial charge in [0, 0.05) is 11.3 Å². The lowest BCUT2D eigenvalue weighted by Gasteiger charge is -2.59. The highest BCUT2D eigenvalue weighted by molar-refractivity contribution is 5.93. The van der Waals surface area contributed by atoms with E-state index in [-0.39, 0.29) is 29.8 Å². The molecule has 2 saturated carbocycles. The highest BCUT2D eigenvalue weighted by Gasteiger charge is 2.57. The average Bonchev–Trinajstić information content (AvgIpc) is 2.96. The Morgan fingerprint density at radius 3 is 2.79 bits per heavy atom. The summed E-state index contributed by atoms with van der Waals surface area (Å²) in [4.78, 5) is 11.7. The van der Waals surface area contributed by atoms with E-state index in [9.17, 15) is 15.0 Å². The SMILES string of the molecule is C=C1CCC2[C@@](C)(CC[C@@H](O)[C@@]2(C)CO)C1C=CC1=CCOC1=O. The van der Waals surface area contributed by atoms with Gasteiger partial charge in [0.1, 0.15) is 6.61 Å². The van der Waals surface area contributed by atoms with Crippen LogP contribution >= 0.6 is 0 Å². The zero-order valence-electron chi connectivity index (χ0n) is 14.6. The number of aliphatic hydroxyl groups is 2. The largest absolute Gasteiger partial charge is 0.458 e. The second kappa shape index (κ2) is 6.16. The molecule has 3 rings (SSSR count). The van der Waals surface area contributed by atoms with Crippen LogP contribution in [0.3, 0.4) is 0 Å². The van der Waals surface area contributed by atoms with Crippen molar-refractivity contribution in [3.05, 3.63) is 36.0 Å². The van der Waals surface area contributed by atoms with Crippen LogP contribution in [-0.4, -0.2) is 35.5 Å². The number of fused-ring (bicyclic) bond motifs is 1. The number of hydrogen-bond donors (Lipinski definition) is 2. The first-order valence-electron chi connectivity index (χ1n) is 8.85. The van der Waals surface area contributed by atoms with Gasteiger partial charge in [0.05, 0.1) is 18.3 Å². The molecule has 2 unspecified atom stereocenters. The number of carbonyl (C=O) groups is 1. The third kappa shape index (κ3) is 2.56. The lowest BCUT2D eigenvalue weighted by atomic mass is 9.46. The minimum absolute atomic E-state index is 0.00515. The van der Waals surface area contributed by atoms with Crippen molar-refractivity contribution in [3.8, 4) is 0 Å². The third-order valence-corrected chi connectivity index (χ3v) is 6.78. The molecule has 4 heteroatoms. The fourth-order valence-electron chi connectivity index (χ4n) is 5.20. The highest BCUT2D eigenvalue weighted by Crippen LogP contribution is 2.61. The van der Waals surface area contributed by atoms with Crippen LogP contribution in [0.25, 0.3) is 0 Å². The normalized spacial score (nSPS) is 42.8. The molecule has 0 aromatic heterocycles. The van der Waals surface area contributed by atoms with Gasteiger partial charge in [-0.3, -0.25) is 0 Å². The fourth-order valence-corrected chi connectivity index (χ4v) is 5.20. The number of cyclic esters (lactones) is 1. The molecule has 0 aromatic carbocycles. The Balaban J connectivity index is 1.92. The Morgan fingerprint density at radius 1 is 1.42 bits per heavy atom. The van der Waals surface area contributed by atoms with Gasteiger partial charge < -0.3 is 14.9 Å². The minimum Gasteiger partial charge on any atom is -0.458 e. The van der Waals surface area contributed by atoms with Gasteiger partial charge in [-0.1, -0.05) is 38.2 Å². The van der Waals surface area contributed by atoms with Crippen molar-refractivity contribution in [2.24, 2.45) is 22.7 Å². The molecule has 0 saturated heterocycles. The number of esters is 1. The summed E-state index contributed by atoms with van der Waals surface area (Å²) in [6, 6.07) is 0. The molecule has 0 spiro atoms. The third-order valence-electron chi connectivity index (χ3n) is 6.78. The Morgan fingerprint density at radius 2 is 2.17 bits per heavy atom. The zero-order chi connectivity index (χ0) is 17.5. The number of carbonyl (C=O) groups excluding carboxylic acids is 1. The zero-order valence-corrected chi connectivity index (χ0v) is 14.6. The van der Waals surface area contributed by atoms with E-state index in [1.165, 1.54) is 5.57 Å². The molecule has 0 bridgehead atoms. The molecule has 0 amide bonds. The highest BCUT2D eigenvalue weighted by atomic mass is 16.5. The Bertz CT molecular complexity index is 605. The van der Waals surface area contributed by atoms with Gasteiger partial charge in [-0.2, -0.15) is 0 Å². The minimum atomic E-state index is -0.481. The molecular formula is C20H28O4. The van der Waals surface area contributed by atoms with Crippen molar-refractivity contribution >= 4 is 5.97 Å². The molecule has 2 N–H and O–H groups in total. The predicted molar refractivity (Wildman–Crippen MR) is 92.1 cm³/mol. The summed E-state index contributed by atoms with van der Waals surface area (Å²) in [5, 5.41) is 20.5. The van der Waals surface area contributed by atoms with Crippen LogP contribution in [0.5, 0.6) is 0 Å². The molecule has 5 atom stereocenters. The van der Waals surface area contributed by atoms with Gasteiger partial charge in [0.25, 0.3) is 0 Å². The van der Waals surface area contributed by atoms with E-state index in [0.717, 1.165) is 19.3 Å². The molecule has 2 fully saturated rings. The van der Waals surface area contributed by atoms with E-state index >= 15 is 0 Å². The number of ether oxygens (including phenoxy) is 1. The van der Waals surface area contributed by atoms with Crippen LogP contribution in [0.1, 0.15) is 39.5 Å². The van der Waals surface area contributed by atoms with Gasteiger partial charge in [-0.05, 0) is 43.1 Å². The standard InChI is InChI=1S/C20H28O4/c1-13-4-7-16-19(2,10-8-17(22)20(16,3)12-21)15(13)6-5-14-9-11-24-18(14)23/h5-6,9,15-17,21-22H,1,4,7-8,10-12H2,2-3H3/t15?,16?,17-,19+,20+/m1/s1. The van der Waals surface area contributed by atoms with E-state index in [4.69, 9.17) is 4.74 Å². The number of hydrogen-bond acceptors (Lipinski definition) is 4. The molecule has 1 aliphatic heterocycles. The second-order valence-electron chi connectivity index (χ2n) is 8.07. The van der Waals surface area contributed by atoms with Crippen molar-refractivity contribution in [3.63, 3.8) is 0 Å². The molecular weight excluding hydrogens is 304 g/mol. The van der Waals surface area contributed by atoms with Gasteiger partial charge in [-0.15, -0.1) is 0 Å². The van der Waals surface area contributed by atoms with Crippen molar-refractivity contribution in [1.29, 1.82) is 0 Å². The van der Waals surface area contributed by atoms with E-state index in [0.29, 0.717) is 18.6 Å². The molecule has 0 radical (unpaired) electrons. The van der Waals surface area contributed by atoms with Crippen LogP contribution in [0.15, 0.2) is 36.0 Å². The van der Waals surface area contributed by atoms with E-state index < -0.39 is 11.5 Å². The lowest BCUT2D eigenvalue weighted by Crippen LogP contribution is -2.57. The van der Waals surface area contributed by atoms with Crippen molar-refractivity contribution < 1.29 is 19.7 Å². The quantitative estimate of drug-likeness (QED) is 0.616. The van der Waals surface area contributed by atoms with E-state index in [1.54, 1.807) is 6.08 Å². The first-order chi connectivity index (χ1) is 11.3. The average molecular weight is 332 g/mol. The van der Waals surface area contributed by atoms with E-state index in [1.807, 2.05) is 13.0 Å². The van der Waals surface area contributed by atoms with Crippen LogP contribution in [0.4, 0.5) is 0 Å². The molecule has 4 nitrogen and oxygen atoms in total. The number of allylic oxidation sites excluding steroid dienone is 2. The predicted octanol–water partition coefficient (Wildman–Crippen LogP) is 2.77. The Kier molecular flexibility index (Phi) is 4.47.